The number of benzene rings is 1. The van der Waals surface area contributed by atoms with Crippen molar-refractivity contribution in [2.75, 3.05) is 58.9 Å². The molecule has 0 aliphatic carbocycles. The number of aryl methyl sites for hydroxylation is 1. The van der Waals surface area contributed by atoms with E-state index in [9.17, 15) is 19.5 Å². The lowest BCUT2D eigenvalue weighted by atomic mass is 9.85. The predicted molar refractivity (Wildman–Crippen MR) is 185 cm³/mol. The zero-order chi connectivity index (χ0) is 33.7. The van der Waals surface area contributed by atoms with Crippen LogP contribution in [0.5, 0.6) is 0 Å². The summed E-state index contributed by atoms with van der Waals surface area (Å²) >= 11 is 1.59. The average molecular weight is 668 g/mol. The lowest BCUT2D eigenvalue weighted by Gasteiger charge is -2.38. The average Bonchev–Trinajstić information content (AvgIpc) is 3.66. The van der Waals surface area contributed by atoms with Crippen LogP contribution in [0.25, 0.3) is 10.4 Å². The van der Waals surface area contributed by atoms with E-state index in [2.05, 4.69) is 30.7 Å². The van der Waals surface area contributed by atoms with Gasteiger partial charge in [0, 0.05) is 45.7 Å². The molecule has 12 heteroatoms. The molecule has 3 aliphatic rings. The molecule has 1 aromatic heterocycles. The normalized spacial score (nSPS) is 23.0. The van der Waals surface area contributed by atoms with Crippen LogP contribution >= 0.6 is 11.3 Å². The van der Waals surface area contributed by atoms with Crippen molar-refractivity contribution in [3.05, 3.63) is 41.0 Å². The van der Waals surface area contributed by atoms with Gasteiger partial charge in [-0.1, -0.05) is 45.0 Å². The van der Waals surface area contributed by atoms with Crippen LogP contribution in [0.2, 0.25) is 0 Å². The molecule has 4 heterocycles. The number of amides is 3. The number of hydrogen-bond acceptors (Lipinski definition) is 9. The van der Waals surface area contributed by atoms with Crippen molar-refractivity contribution < 1.29 is 19.5 Å². The van der Waals surface area contributed by atoms with Crippen LogP contribution in [0.1, 0.15) is 64.3 Å². The second-order valence-corrected chi connectivity index (χ2v) is 15.5. The first-order valence-corrected chi connectivity index (χ1v) is 18.0. The predicted octanol–water partition coefficient (Wildman–Crippen LogP) is 2.41. The summed E-state index contributed by atoms with van der Waals surface area (Å²) in [5.41, 5.74) is 4.24. The molecule has 2 aromatic rings. The van der Waals surface area contributed by atoms with Crippen molar-refractivity contribution in [1.29, 1.82) is 0 Å². The highest BCUT2D eigenvalue weighted by molar-refractivity contribution is 7.13. The number of rotatable bonds is 10. The number of aliphatic hydroxyl groups excluding tert-OH is 1. The van der Waals surface area contributed by atoms with Gasteiger partial charge in [-0.25, -0.2) is 4.98 Å². The van der Waals surface area contributed by atoms with Gasteiger partial charge in [0.2, 0.25) is 17.7 Å². The number of β-amino-alcohol motifs (C(OH)–C–C–N with tert-alkyl or cyclic N) is 1. The molecule has 0 saturated carbocycles. The molecular formula is C35H53N7O4S. The lowest BCUT2D eigenvalue weighted by Crippen LogP contribution is -2.59. The van der Waals surface area contributed by atoms with Gasteiger partial charge in [-0.05, 0) is 62.2 Å². The summed E-state index contributed by atoms with van der Waals surface area (Å²) < 4.78 is 0. The molecule has 4 atom stereocenters. The third kappa shape index (κ3) is 9.17. The number of aromatic nitrogens is 1. The number of piperidine rings is 1. The first kappa shape index (κ1) is 35.4. The highest BCUT2D eigenvalue weighted by Crippen LogP contribution is 2.29. The van der Waals surface area contributed by atoms with E-state index >= 15 is 0 Å². The molecule has 3 saturated heterocycles. The van der Waals surface area contributed by atoms with Gasteiger partial charge < -0.3 is 30.9 Å². The topological polar surface area (TPSA) is 130 Å². The number of thiazole rings is 1. The Hall–Kier alpha value is -2.90. The second-order valence-electron chi connectivity index (χ2n) is 14.7. The van der Waals surface area contributed by atoms with E-state index in [1.165, 1.54) is 17.7 Å². The van der Waals surface area contributed by atoms with Crippen molar-refractivity contribution in [2.45, 2.75) is 78.1 Å². The molecule has 258 valence electrons. The van der Waals surface area contributed by atoms with E-state index in [1.807, 2.05) is 64.4 Å². The van der Waals surface area contributed by atoms with Crippen LogP contribution in [0.15, 0.2) is 29.8 Å². The summed E-state index contributed by atoms with van der Waals surface area (Å²) in [6, 6.07) is 6.08. The molecule has 0 bridgehead atoms. The van der Waals surface area contributed by atoms with Gasteiger partial charge in [-0.15, -0.1) is 11.3 Å². The van der Waals surface area contributed by atoms with Gasteiger partial charge in [0.1, 0.15) is 12.1 Å². The third-order valence-corrected chi connectivity index (χ3v) is 10.8. The number of carbonyl (C=O) groups is 3. The van der Waals surface area contributed by atoms with Crippen LogP contribution in [0.3, 0.4) is 0 Å². The van der Waals surface area contributed by atoms with Crippen LogP contribution in [0, 0.1) is 18.3 Å². The summed E-state index contributed by atoms with van der Waals surface area (Å²) in [5.74, 6) is -0.109. The van der Waals surface area contributed by atoms with Crippen molar-refractivity contribution in [3.8, 4) is 10.4 Å². The number of aliphatic hydroxyl groups is 1. The lowest BCUT2D eigenvalue weighted by molar-refractivity contribution is -0.144. The number of piperazine rings is 1. The zero-order valence-corrected chi connectivity index (χ0v) is 29.4. The van der Waals surface area contributed by atoms with E-state index in [0.717, 1.165) is 73.4 Å². The fourth-order valence-corrected chi connectivity index (χ4v) is 7.80. The first-order chi connectivity index (χ1) is 22.4. The van der Waals surface area contributed by atoms with E-state index in [0.29, 0.717) is 0 Å². The Kier molecular flexibility index (Phi) is 11.7. The van der Waals surface area contributed by atoms with Gasteiger partial charge in [0.25, 0.3) is 0 Å². The summed E-state index contributed by atoms with van der Waals surface area (Å²) in [4.78, 5) is 52.5. The molecule has 5 rings (SSSR count). The maximum atomic E-state index is 14.0. The SMILES string of the molecule is Cc1ncsc1-c1ccc([C@H](C)NC(=O)[C@@H]2C[C@@H](O)CN2C(=O)[C@@H](NC(=O)CN2CCN(CC3CCNCC3)CC2)C(C)(C)C)cc1. The Morgan fingerprint density at radius 1 is 1.04 bits per heavy atom. The molecule has 11 nitrogen and oxygen atoms in total. The Morgan fingerprint density at radius 3 is 2.32 bits per heavy atom. The Balaban J connectivity index is 1.16. The van der Waals surface area contributed by atoms with Crippen LogP contribution in [-0.2, 0) is 14.4 Å². The molecular weight excluding hydrogens is 614 g/mol. The molecule has 3 fully saturated rings. The first-order valence-electron chi connectivity index (χ1n) is 17.1. The maximum absolute atomic E-state index is 14.0. The second kappa shape index (κ2) is 15.5. The number of carbonyl (C=O) groups excluding carboxylic acids is 3. The van der Waals surface area contributed by atoms with Crippen LogP contribution in [0.4, 0.5) is 0 Å². The molecule has 3 aliphatic heterocycles. The summed E-state index contributed by atoms with van der Waals surface area (Å²) in [6.07, 6.45) is 1.79. The van der Waals surface area contributed by atoms with E-state index < -0.39 is 23.6 Å². The van der Waals surface area contributed by atoms with Crippen molar-refractivity contribution in [2.24, 2.45) is 11.3 Å². The monoisotopic (exact) mass is 667 g/mol. The smallest absolute Gasteiger partial charge is 0.246 e. The third-order valence-electron chi connectivity index (χ3n) is 9.87. The Labute approximate surface area is 283 Å². The summed E-state index contributed by atoms with van der Waals surface area (Å²) in [6.45, 7) is 16.8. The molecule has 47 heavy (non-hydrogen) atoms. The molecule has 3 amide bonds. The van der Waals surface area contributed by atoms with Gasteiger partial charge in [-0.2, -0.15) is 0 Å². The summed E-state index contributed by atoms with van der Waals surface area (Å²) in [5, 5.41) is 20.1. The minimum atomic E-state index is -0.836. The van der Waals surface area contributed by atoms with Gasteiger partial charge in [0.05, 0.1) is 34.8 Å². The summed E-state index contributed by atoms with van der Waals surface area (Å²) in [7, 11) is 0. The van der Waals surface area contributed by atoms with Crippen molar-refractivity contribution >= 4 is 29.1 Å². The molecule has 1 aromatic carbocycles. The van der Waals surface area contributed by atoms with E-state index in [-0.39, 0.29) is 43.3 Å². The van der Waals surface area contributed by atoms with Crippen molar-refractivity contribution in [1.82, 2.24) is 35.6 Å². The Morgan fingerprint density at radius 2 is 1.70 bits per heavy atom. The van der Waals surface area contributed by atoms with E-state index in [1.54, 1.807) is 11.3 Å². The largest absolute Gasteiger partial charge is 0.391 e. The van der Waals surface area contributed by atoms with E-state index in [4.69, 9.17) is 0 Å². The zero-order valence-electron chi connectivity index (χ0n) is 28.6. The number of hydrogen-bond donors (Lipinski definition) is 4. The minimum Gasteiger partial charge on any atom is -0.391 e. The highest BCUT2D eigenvalue weighted by atomic mass is 32.1. The molecule has 0 radical (unpaired) electrons. The highest BCUT2D eigenvalue weighted by Gasteiger charge is 2.44. The quantitative estimate of drug-likeness (QED) is 0.304. The number of nitrogens with zero attached hydrogens (tertiary/aromatic N) is 4. The van der Waals surface area contributed by atoms with Crippen LogP contribution < -0.4 is 16.0 Å². The molecule has 0 unspecified atom stereocenters. The minimum absolute atomic E-state index is 0.0513. The molecule has 0 spiro atoms. The molecule has 4 N–H and O–H groups in total. The number of nitrogens with one attached hydrogen (secondary N) is 3. The van der Waals surface area contributed by atoms with Crippen molar-refractivity contribution in [3.63, 3.8) is 0 Å². The standard InChI is InChI=1S/C35H53N7O4S/c1-23(26-6-8-27(9-7-26)31-24(2)37-22-47-31)38-33(45)29-18-28(43)20-42(29)34(46)32(35(3,4)5)39-30(44)21-41-16-14-40(15-17-41)19-25-10-12-36-13-11-25/h6-9,22-23,25,28-29,32,36,43H,10-21H2,1-5H3,(H,38,45)(H,39,44)/t23-,28+,29-,32+/m0/s1. The van der Waals surface area contributed by atoms with Gasteiger partial charge in [0.15, 0.2) is 0 Å². The van der Waals surface area contributed by atoms with Crippen LogP contribution in [-0.4, -0.2) is 120 Å². The fourth-order valence-electron chi connectivity index (χ4n) is 6.98. The van der Waals surface area contributed by atoms with Gasteiger partial charge >= 0.3 is 0 Å². The maximum Gasteiger partial charge on any atom is 0.246 e. The fraction of sp³-hybridized carbons (Fsp3) is 0.657. The number of likely N-dealkylation sites (tertiary alicyclic amines) is 1. The van der Waals surface area contributed by atoms with Gasteiger partial charge in [-0.3, -0.25) is 19.3 Å². The Bertz CT molecular complexity index is 1360.